The van der Waals surface area contributed by atoms with Gasteiger partial charge in [0.05, 0.1) is 5.88 Å². The van der Waals surface area contributed by atoms with Gasteiger partial charge in [-0.05, 0) is 24.7 Å². The van der Waals surface area contributed by atoms with Crippen LogP contribution < -0.4 is 5.32 Å². The van der Waals surface area contributed by atoms with Crippen LogP contribution in [0, 0.1) is 5.41 Å². The molecule has 3 nitrogen and oxygen atoms in total. The zero-order valence-corrected chi connectivity index (χ0v) is 9.56. The first-order valence-corrected chi connectivity index (χ1v) is 5.56. The second kappa shape index (κ2) is 4.87. The molecule has 1 amide bonds. The summed E-state index contributed by atoms with van der Waals surface area (Å²) in [5.41, 5.74) is 0.352. The Morgan fingerprint density at radius 1 is 1.64 bits per heavy atom. The first-order valence-electron chi connectivity index (χ1n) is 5.03. The van der Waals surface area contributed by atoms with Crippen LogP contribution >= 0.6 is 11.6 Å². The minimum Gasteiger partial charge on any atom is -0.448 e. The van der Waals surface area contributed by atoms with Crippen molar-refractivity contribution in [2.75, 3.05) is 12.5 Å². The predicted octanol–water partition coefficient (Wildman–Crippen LogP) is 2.53. The summed E-state index contributed by atoms with van der Waals surface area (Å²) < 4.78 is 4.84. The van der Waals surface area contributed by atoms with Crippen LogP contribution in [0.4, 0.5) is 4.79 Å². The fourth-order valence-corrected chi connectivity index (χ4v) is 1.98. The third-order valence-electron chi connectivity index (χ3n) is 2.60. The molecule has 0 bridgehead atoms. The Balaban J connectivity index is 2.22. The Labute approximate surface area is 90.1 Å². The number of ether oxygens (including phenoxy) is 1. The standard InChI is InChI=1S/C10H18ClNO2/c1-10(2)4-3-8(7-10)12-9(13)14-6-5-11/h8H,3-7H2,1-2H3,(H,12,13). The van der Waals surface area contributed by atoms with Gasteiger partial charge in [0.2, 0.25) is 0 Å². The Kier molecular flexibility index (Phi) is 4.05. The molecule has 82 valence electrons. The number of nitrogens with one attached hydrogen (secondary N) is 1. The van der Waals surface area contributed by atoms with Crippen LogP contribution in [-0.4, -0.2) is 24.6 Å². The quantitative estimate of drug-likeness (QED) is 0.741. The van der Waals surface area contributed by atoms with Crippen molar-refractivity contribution in [3.8, 4) is 0 Å². The van der Waals surface area contributed by atoms with Crippen molar-refractivity contribution in [3.05, 3.63) is 0 Å². The van der Waals surface area contributed by atoms with Crippen LogP contribution in [0.15, 0.2) is 0 Å². The Bertz CT molecular complexity index is 206. The third kappa shape index (κ3) is 3.74. The van der Waals surface area contributed by atoms with Crippen LogP contribution in [0.3, 0.4) is 0 Å². The number of alkyl carbamates (subject to hydrolysis) is 1. The second-order valence-electron chi connectivity index (χ2n) is 4.57. The topological polar surface area (TPSA) is 38.3 Å². The van der Waals surface area contributed by atoms with Gasteiger partial charge in [-0.25, -0.2) is 4.79 Å². The van der Waals surface area contributed by atoms with Gasteiger partial charge >= 0.3 is 6.09 Å². The summed E-state index contributed by atoms with van der Waals surface area (Å²) in [6.45, 7) is 4.72. The van der Waals surface area contributed by atoms with Gasteiger partial charge in [-0.3, -0.25) is 0 Å². The second-order valence-corrected chi connectivity index (χ2v) is 4.95. The molecule has 0 aromatic carbocycles. The number of halogens is 1. The Hall–Kier alpha value is -0.440. The molecule has 14 heavy (non-hydrogen) atoms. The lowest BCUT2D eigenvalue weighted by Crippen LogP contribution is -2.34. The van der Waals surface area contributed by atoms with Gasteiger partial charge in [0.1, 0.15) is 6.61 Å². The van der Waals surface area contributed by atoms with Gasteiger partial charge in [-0.15, -0.1) is 11.6 Å². The zero-order chi connectivity index (χ0) is 10.6. The smallest absolute Gasteiger partial charge is 0.407 e. The van der Waals surface area contributed by atoms with E-state index < -0.39 is 0 Å². The highest BCUT2D eigenvalue weighted by atomic mass is 35.5. The molecule has 0 aromatic heterocycles. The summed E-state index contributed by atoms with van der Waals surface area (Å²) >= 11 is 5.40. The molecule has 1 N–H and O–H groups in total. The maximum absolute atomic E-state index is 11.2. The summed E-state index contributed by atoms with van der Waals surface area (Å²) in [7, 11) is 0. The van der Waals surface area contributed by atoms with Crippen molar-refractivity contribution in [2.45, 2.75) is 39.2 Å². The van der Waals surface area contributed by atoms with Crippen molar-refractivity contribution >= 4 is 17.7 Å². The minimum atomic E-state index is -0.339. The maximum atomic E-state index is 11.2. The van der Waals surface area contributed by atoms with Gasteiger partial charge in [0, 0.05) is 6.04 Å². The summed E-state index contributed by atoms with van der Waals surface area (Å²) in [4.78, 5) is 11.2. The van der Waals surface area contributed by atoms with Crippen molar-refractivity contribution in [1.82, 2.24) is 5.32 Å². The number of carbonyl (C=O) groups excluding carboxylic acids is 1. The van der Waals surface area contributed by atoms with E-state index in [1.54, 1.807) is 0 Å². The van der Waals surface area contributed by atoms with E-state index in [2.05, 4.69) is 19.2 Å². The van der Waals surface area contributed by atoms with Gasteiger partial charge < -0.3 is 10.1 Å². The molecule has 0 heterocycles. The average molecular weight is 220 g/mol. The molecule has 1 saturated carbocycles. The number of alkyl halides is 1. The normalized spacial score (nSPS) is 24.6. The first kappa shape index (κ1) is 11.6. The van der Waals surface area contributed by atoms with E-state index in [9.17, 15) is 4.79 Å². The molecule has 4 heteroatoms. The van der Waals surface area contributed by atoms with Gasteiger partial charge in [-0.2, -0.15) is 0 Å². The third-order valence-corrected chi connectivity index (χ3v) is 2.76. The Morgan fingerprint density at radius 2 is 2.36 bits per heavy atom. The van der Waals surface area contributed by atoms with Crippen molar-refractivity contribution in [2.24, 2.45) is 5.41 Å². The van der Waals surface area contributed by atoms with Crippen molar-refractivity contribution < 1.29 is 9.53 Å². The van der Waals surface area contributed by atoms with E-state index in [0.717, 1.165) is 19.3 Å². The predicted molar refractivity (Wildman–Crippen MR) is 56.6 cm³/mol. The number of amides is 1. The van der Waals surface area contributed by atoms with Crippen LogP contribution in [0.5, 0.6) is 0 Å². The molecule has 1 fully saturated rings. The fourth-order valence-electron chi connectivity index (χ4n) is 1.90. The summed E-state index contributed by atoms with van der Waals surface area (Å²) in [5, 5.41) is 2.85. The fraction of sp³-hybridized carbons (Fsp3) is 0.900. The lowest BCUT2D eigenvalue weighted by Gasteiger charge is -2.17. The zero-order valence-electron chi connectivity index (χ0n) is 8.81. The number of hydrogen-bond donors (Lipinski definition) is 1. The molecule has 0 aliphatic heterocycles. The summed E-state index contributed by atoms with van der Waals surface area (Å²) in [6, 6.07) is 0.271. The van der Waals surface area contributed by atoms with Crippen molar-refractivity contribution in [1.29, 1.82) is 0 Å². The van der Waals surface area contributed by atoms with Crippen LogP contribution in [0.1, 0.15) is 33.1 Å². The number of hydrogen-bond acceptors (Lipinski definition) is 2. The molecule has 0 aromatic rings. The molecule has 1 rings (SSSR count). The Morgan fingerprint density at radius 3 is 2.86 bits per heavy atom. The molecule has 1 aliphatic rings. The molecule has 1 unspecified atom stereocenters. The lowest BCUT2D eigenvalue weighted by atomic mass is 9.92. The summed E-state index contributed by atoms with van der Waals surface area (Å²) in [6.07, 6.45) is 2.90. The monoisotopic (exact) mass is 219 g/mol. The number of carbonyl (C=O) groups is 1. The largest absolute Gasteiger partial charge is 0.448 e. The van der Waals surface area contributed by atoms with E-state index in [-0.39, 0.29) is 18.7 Å². The average Bonchev–Trinajstić information content (AvgIpc) is 2.42. The highest BCUT2D eigenvalue weighted by Crippen LogP contribution is 2.36. The van der Waals surface area contributed by atoms with E-state index in [1.165, 1.54) is 0 Å². The molecule has 1 aliphatic carbocycles. The minimum absolute atomic E-state index is 0.271. The molecule has 0 saturated heterocycles. The first-order chi connectivity index (χ1) is 6.53. The van der Waals surface area contributed by atoms with E-state index >= 15 is 0 Å². The van der Waals surface area contributed by atoms with E-state index in [1.807, 2.05) is 0 Å². The molecule has 0 spiro atoms. The van der Waals surface area contributed by atoms with E-state index in [0.29, 0.717) is 11.3 Å². The van der Waals surface area contributed by atoms with E-state index in [4.69, 9.17) is 16.3 Å². The lowest BCUT2D eigenvalue weighted by molar-refractivity contribution is 0.148. The van der Waals surface area contributed by atoms with Crippen LogP contribution in [-0.2, 0) is 4.74 Å². The van der Waals surface area contributed by atoms with Gasteiger partial charge in [-0.1, -0.05) is 13.8 Å². The van der Waals surface area contributed by atoms with Crippen molar-refractivity contribution in [3.63, 3.8) is 0 Å². The molecule has 1 atom stereocenters. The van der Waals surface area contributed by atoms with Crippen LogP contribution in [0.25, 0.3) is 0 Å². The van der Waals surface area contributed by atoms with Gasteiger partial charge in [0.25, 0.3) is 0 Å². The summed E-state index contributed by atoms with van der Waals surface area (Å²) in [5.74, 6) is 0.351. The van der Waals surface area contributed by atoms with Gasteiger partial charge in [0.15, 0.2) is 0 Å². The SMILES string of the molecule is CC1(C)CCC(NC(=O)OCCCl)C1. The molecular formula is C10H18ClNO2. The van der Waals surface area contributed by atoms with Crippen LogP contribution in [0.2, 0.25) is 0 Å². The molecular weight excluding hydrogens is 202 g/mol. The maximum Gasteiger partial charge on any atom is 0.407 e. The highest BCUT2D eigenvalue weighted by Gasteiger charge is 2.31. The highest BCUT2D eigenvalue weighted by molar-refractivity contribution is 6.18. The number of rotatable bonds is 3. The molecule has 0 radical (unpaired) electrons.